The number of para-hydroxylation sites is 4. The number of rotatable bonds is 7. The Morgan fingerprint density at radius 2 is 0.699 bits per heavy atom. The highest BCUT2D eigenvalue weighted by atomic mass is 28.3. The van der Waals surface area contributed by atoms with Gasteiger partial charge in [-0.05, 0) is 141 Å². The van der Waals surface area contributed by atoms with Gasteiger partial charge in [0.15, 0.2) is 8.07 Å². The Hall–Kier alpha value is -9.96. The van der Waals surface area contributed by atoms with Crippen molar-refractivity contribution in [1.29, 1.82) is 0 Å². The Morgan fingerprint density at radius 3 is 1.18 bits per heavy atom. The van der Waals surface area contributed by atoms with E-state index in [1.165, 1.54) is 70.8 Å². The van der Waals surface area contributed by atoms with Crippen LogP contribution in [0.5, 0.6) is 0 Å². The second kappa shape index (κ2) is 19.1. The van der Waals surface area contributed by atoms with Gasteiger partial charge in [-0.3, -0.25) is 13.4 Å². The summed E-state index contributed by atoms with van der Waals surface area (Å²) in [6.07, 6.45) is 7.29. The van der Waals surface area contributed by atoms with Gasteiger partial charge < -0.3 is 0 Å². The van der Waals surface area contributed by atoms with Crippen molar-refractivity contribution in [3.63, 3.8) is 0 Å². The van der Waals surface area contributed by atoms with E-state index >= 15 is 0 Å². The molecule has 8 aliphatic rings. The fourth-order valence-corrected chi connectivity index (χ4v) is 19.1. The average Bonchev–Trinajstić information content (AvgIpc) is 2.26. The van der Waals surface area contributed by atoms with Crippen molar-refractivity contribution >= 4 is 84.5 Å². The summed E-state index contributed by atoms with van der Waals surface area (Å²) in [5.74, 6) is 2.87. The molecule has 5 aromatic heterocycles. The van der Waals surface area contributed by atoms with Gasteiger partial charge in [0.25, 0.3) is 0 Å². The van der Waals surface area contributed by atoms with Crippen LogP contribution in [0.2, 0.25) is 0 Å². The molecule has 0 saturated heterocycles. The van der Waals surface area contributed by atoms with E-state index in [1.807, 2.05) is 0 Å². The molecule has 0 aliphatic heterocycles. The van der Waals surface area contributed by atoms with E-state index in [9.17, 15) is 0 Å². The number of benzene rings is 10. The molecule has 0 fully saturated rings. The molecule has 396 valence electrons. The van der Waals surface area contributed by atoms with Gasteiger partial charge in [-0.25, -0.2) is 19.5 Å². The zero-order chi connectivity index (χ0) is 54.6. The third-order valence-electron chi connectivity index (χ3n) is 18.2. The van der Waals surface area contributed by atoms with E-state index < -0.39 is 8.07 Å². The Bertz CT molecular complexity index is 4690. The summed E-state index contributed by atoms with van der Waals surface area (Å²) in [6, 6.07) is 90.2. The van der Waals surface area contributed by atoms with Crippen molar-refractivity contribution in [3.05, 3.63) is 287 Å². The van der Waals surface area contributed by atoms with Crippen molar-refractivity contribution in [3.8, 4) is 23.0 Å². The van der Waals surface area contributed by atoms with Gasteiger partial charge in [0.05, 0.1) is 49.8 Å². The number of imidazole rings is 4. The lowest BCUT2D eigenvalue weighted by Gasteiger charge is -2.35. The molecular weight excluding hydrogens is 1030 g/mol. The highest BCUT2D eigenvalue weighted by Gasteiger charge is 2.43. The van der Waals surface area contributed by atoms with Crippen molar-refractivity contribution in [1.82, 2.24) is 37.9 Å². The van der Waals surface area contributed by atoms with Gasteiger partial charge in [-0.1, -0.05) is 212 Å². The largest absolute Gasteiger partial charge is 0.276 e. The van der Waals surface area contributed by atoms with Gasteiger partial charge in [0, 0.05) is 11.6 Å². The van der Waals surface area contributed by atoms with Crippen LogP contribution >= 0.6 is 0 Å². The first-order valence-corrected chi connectivity index (χ1v) is 31.3. The first-order chi connectivity index (χ1) is 41.1. The lowest BCUT2D eigenvalue weighted by Crippen LogP contribution is -2.75. The monoisotopic (exact) mass is 1080 g/mol. The molecular formula is C74H56N8Si. The zero-order valence-corrected chi connectivity index (χ0v) is 46.8. The Kier molecular flexibility index (Phi) is 11.0. The van der Waals surface area contributed by atoms with Gasteiger partial charge in [-0.15, -0.1) is 0 Å². The third kappa shape index (κ3) is 7.50. The van der Waals surface area contributed by atoms with Gasteiger partial charge in [0.2, 0.25) is 17.5 Å². The summed E-state index contributed by atoms with van der Waals surface area (Å²) in [5, 5.41) is 5.12. The third-order valence-corrected chi connectivity index (χ3v) is 23.0. The predicted molar refractivity (Wildman–Crippen MR) is 340 cm³/mol. The molecule has 23 rings (SSSR count). The molecule has 0 unspecified atom stereocenters. The number of hydrogen-bond donors (Lipinski definition) is 0. The maximum atomic E-state index is 5.93. The van der Waals surface area contributed by atoms with Crippen LogP contribution < -0.4 is 20.7 Å². The van der Waals surface area contributed by atoms with E-state index in [2.05, 4.69) is 261 Å². The minimum absolute atomic E-state index is 0.537. The molecule has 0 N–H and O–H groups in total. The van der Waals surface area contributed by atoms with E-state index in [-0.39, 0.29) is 0 Å². The van der Waals surface area contributed by atoms with Crippen LogP contribution in [-0.4, -0.2) is 45.9 Å². The van der Waals surface area contributed by atoms with Crippen molar-refractivity contribution in [2.24, 2.45) is 0 Å². The van der Waals surface area contributed by atoms with E-state index in [4.69, 9.17) is 19.9 Å². The molecule has 8 nitrogen and oxygen atoms in total. The Morgan fingerprint density at radius 1 is 0.313 bits per heavy atom. The van der Waals surface area contributed by atoms with Crippen molar-refractivity contribution in [2.75, 3.05) is 0 Å². The smallest absolute Gasteiger partial charge is 0.239 e. The summed E-state index contributed by atoms with van der Waals surface area (Å²) in [4.78, 5) is 23.4. The van der Waals surface area contributed by atoms with Crippen LogP contribution in [0, 0.1) is 0 Å². The summed E-state index contributed by atoms with van der Waals surface area (Å²) >= 11 is 0. The number of aryl methyl sites for hydroxylation is 8. The summed E-state index contributed by atoms with van der Waals surface area (Å²) in [6.45, 7) is 0. The van der Waals surface area contributed by atoms with Gasteiger partial charge in [-0.2, -0.15) is 4.98 Å². The fourth-order valence-electron chi connectivity index (χ4n) is 14.2. The predicted octanol–water partition coefficient (Wildman–Crippen LogP) is 12.8. The lowest BCUT2D eigenvalue weighted by atomic mass is 9.95. The van der Waals surface area contributed by atoms with E-state index in [1.54, 1.807) is 0 Å². The average molecular weight is 1090 g/mol. The second-order valence-electron chi connectivity index (χ2n) is 22.7. The minimum Gasteiger partial charge on any atom is -0.276 e. The molecule has 0 spiro atoms. The maximum absolute atomic E-state index is 5.93. The SMILES string of the molecule is c1ccc([Si](c2ccccc2)(c2ccccc2)c2ccccc2-c2cc(-n3c4ccccc4n4c5c6ccc(c5nc34)CCc3ccc(cc3)CC6)nc(-n3c4ccccc4n4c5c6ccc(c5nc34)CCc3ccc(cc3)CC6)n2)cc1. The second-order valence-corrected chi connectivity index (χ2v) is 26.5. The molecule has 9 heteroatoms. The molecule has 0 saturated carbocycles. The quantitative estimate of drug-likeness (QED) is 0.118. The summed E-state index contributed by atoms with van der Waals surface area (Å²) in [5.41, 5.74) is 20.9. The molecule has 8 bridgehead atoms. The van der Waals surface area contributed by atoms with Crippen LogP contribution in [0.4, 0.5) is 0 Å². The van der Waals surface area contributed by atoms with Gasteiger partial charge in [0.1, 0.15) is 5.82 Å². The Balaban J connectivity index is 0.982. The molecule has 5 heterocycles. The first kappa shape index (κ1) is 47.8. The molecule has 83 heavy (non-hydrogen) atoms. The van der Waals surface area contributed by atoms with Crippen molar-refractivity contribution in [2.45, 2.75) is 51.4 Å². The maximum Gasteiger partial charge on any atom is 0.239 e. The highest BCUT2D eigenvalue weighted by molar-refractivity contribution is 7.20. The first-order valence-electron chi connectivity index (χ1n) is 29.3. The minimum atomic E-state index is -3.12. The van der Waals surface area contributed by atoms with E-state index in [0.717, 1.165) is 119 Å². The molecule has 10 aromatic carbocycles. The number of nitrogens with zero attached hydrogens (tertiary/aromatic N) is 8. The number of hydrogen-bond acceptors (Lipinski definition) is 4. The lowest BCUT2D eigenvalue weighted by molar-refractivity contribution is 0.929. The molecule has 0 radical (unpaired) electrons. The van der Waals surface area contributed by atoms with E-state index in [0.29, 0.717) is 5.95 Å². The summed E-state index contributed by atoms with van der Waals surface area (Å²) in [7, 11) is -3.12. The molecule has 15 aromatic rings. The molecule has 8 aliphatic carbocycles. The topological polar surface area (TPSA) is 70.2 Å². The Labute approximate surface area is 481 Å². The van der Waals surface area contributed by atoms with Crippen LogP contribution in [-0.2, 0) is 51.4 Å². The van der Waals surface area contributed by atoms with Crippen molar-refractivity contribution < 1.29 is 0 Å². The number of fused-ring (bicyclic) bond motifs is 6. The van der Waals surface area contributed by atoms with Crippen LogP contribution in [0.25, 0.3) is 78.7 Å². The fraction of sp³-hybridized carbons (Fsp3) is 0.108. The molecule has 0 amide bonds. The number of aromatic nitrogens is 8. The van der Waals surface area contributed by atoms with Crippen LogP contribution in [0.1, 0.15) is 44.5 Å². The highest BCUT2D eigenvalue weighted by Crippen LogP contribution is 2.37. The normalized spacial score (nSPS) is 13.6. The van der Waals surface area contributed by atoms with Gasteiger partial charge >= 0.3 is 0 Å². The van der Waals surface area contributed by atoms with Crippen LogP contribution in [0.15, 0.2) is 243 Å². The standard InChI is InChI=1S/C74H56N8Si/c1-4-16-57(17-5-1)83(58-18-6-2-7-19-58,59-20-8-3-9-21-59)66-27-15-10-22-60(66)61-48-67(79-62-23-11-12-24-63(62)80-70-55-42-38-51-32-28-49(29-33-51)36-40-53(44-46-55)68(70)77-73(79)80)76-72(75-61)82-65-26-14-13-25-64(65)81-71-56-43-39-52-34-30-50(31-35-52)37-41-54(45-47-56)69(71)78-74(81)82/h1-35,44-48H,36-43H2. The summed E-state index contributed by atoms with van der Waals surface area (Å²) < 4.78 is 9.36. The molecule has 0 atom stereocenters. The zero-order valence-electron chi connectivity index (χ0n) is 45.8. The van der Waals surface area contributed by atoms with Crippen LogP contribution in [0.3, 0.4) is 0 Å².